The highest BCUT2D eigenvalue weighted by atomic mass is 16.5. The summed E-state index contributed by atoms with van der Waals surface area (Å²) in [5, 5.41) is 9.67. The third kappa shape index (κ3) is 3.80. The zero-order valence-corrected chi connectivity index (χ0v) is 15.4. The third-order valence-electron chi connectivity index (χ3n) is 5.31. The molecule has 1 aromatic rings. The topological polar surface area (TPSA) is 66.2 Å². The number of nitrogens with zero attached hydrogens (tertiary/aromatic N) is 2. The van der Waals surface area contributed by atoms with Crippen molar-refractivity contribution < 1.29 is 19.1 Å². The molecule has 1 aromatic heterocycles. The van der Waals surface area contributed by atoms with Gasteiger partial charge in [0.15, 0.2) is 11.5 Å². The monoisotopic (exact) mass is 358 g/mol. The van der Waals surface area contributed by atoms with Gasteiger partial charge in [-0.1, -0.05) is 5.92 Å². The van der Waals surface area contributed by atoms with Crippen molar-refractivity contribution in [1.82, 2.24) is 9.80 Å². The van der Waals surface area contributed by atoms with Crippen LogP contribution in [0.4, 0.5) is 0 Å². The number of carbonyl (C=O) groups excluding carboxylic acids is 1. The Morgan fingerprint density at radius 2 is 2.08 bits per heavy atom. The Morgan fingerprint density at radius 1 is 1.27 bits per heavy atom. The summed E-state index contributed by atoms with van der Waals surface area (Å²) in [5.74, 6) is 6.83. The summed E-state index contributed by atoms with van der Waals surface area (Å²) in [6.45, 7) is 7.01. The van der Waals surface area contributed by atoms with Crippen LogP contribution in [0.15, 0.2) is 16.5 Å². The number of aliphatic hydroxyl groups is 1. The fourth-order valence-corrected chi connectivity index (χ4v) is 3.84. The number of morpholine rings is 1. The van der Waals surface area contributed by atoms with E-state index in [0.29, 0.717) is 37.3 Å². The summed E-state index contributed by atoms with van der Waals surface area (Å²) in [6.07, 6.45) is 2.61. The normalized spacial score (nSPS) is 26.8. The molecule has 0 radical (unpaired) electrons. The molecule has 4 rings (SSSR count). The molecule has 2 saturated heterocycles. The number of ether oxygens (including phenoxy) is 1. The predicted octanol–water partition coefficient (Wildman–Crippen LogP) is 1.34. The average molecular weight is 358 g/mol. The molecule has 2 atom stereocenters. The van der Waals surface area contributed by atoms with Gasteiger partial charge in [0, 0.05) is 25.7 Å². The second-order valence-corrected chi connectivity index (χ2v) is 8.06. The molecule has 0 spiro atoms. The number of piperazine rings is 1. The highest BCUT2D eigenvalue weighted by Crippen LogP contribution is 2.38. The van der Waals surface area contributed by atoms with Crippen molar-refractivity contribution >= 4 is 5.91 Å². The van der Waals surface area contributed by atoms with Crippen LogP contribution in [0.2, 0.25) is 0 Å². The maximum Gasteiger partial charge on any atom is 0.289 e. The molecule has 6 heteroatoms. The smallest absolute Gasteiger partial charge is 0.289 e. The molecule has 0 unspecified atom stereocenters. The van der Waals surface area contributed by atoms with Gasteiger partial charge in [-0.05, 0) is 50.7 Å². The van der Waals surface area contributed by atoms with Gasteiger partial charge in [-0.15, -0.1) is 0 Å². The SMILES string of the molecule is CC(C)(O)C#Cc1ccc(C(=O)N2CCN3[C@@H](COC[C@@H]3C3CC3)C2)o1. The van der Waals surface area contributed by atoms with Gasteiger partial charge in [-0.2, -0.15) is 0 Å². The fraction of sp³-hybridized carbons (Fsp3) is 0.650. The number of hydrogen-bond donors (Lipinski definition) is 1. The number of amides is 1. The van der Waals surface area contributed by atoms with E-state index in [2.05, 4.69) is 16.7 Å². The molecular formula is C20H26N2O4. The van der Waals surface area contributed by atoms with Gasteiger partial charge in [0.2, 0.25) is 0 Å². The summed E-state index contributed by atoms with van der Waals surface area (Å²) in [5.41, 5.74) is -1.09. The van der Waals surface area contributed by atoms with Crippen LogP contribution in [-0.4, -0.2) is 71.3 Å². The lowest BCUT2D eigenvalue weighted by Gasteiger charge is -2.48. The van der Waals surface area contributed by atoms with Crippen LogP contribution in [0.1, 0.15) is 43.0 Å². The van der Waals surface area contributed by atoms with Crippen molar-refractivity contribution in [3.05, 3.63) is 23.7 Å². The number of fused-ring (bicyclic) bond motifs is 1. The van der Waals surface area contributed by atoms with Crippen molar-refractivity contribution in [2.75, 3.05) is 32.8 Å². The van der Waals surface area contributed by atoms with E-state index in [1.54, 1.807) is 26.0 Å². The fourth-order valence-electron chi connectivity index (χ4n) is 3.84. The Morgan fingerprint density at radius 3 is 2.81 bits per heavy atom. The molecule has 3 aliphatic rings. The Kier molecular flexibility index (Phi) is 4.55. The maximum atomic E-state index is 12.8. The standard InChI is InChI=1S/C20H26N2O4/c1-20(2,24)8-7-16-5-6-18(26-16)19(23)21-9-10-22-15(11-21)12-25-13-17(22)14-3-4-14/h5-6,14-15,17,24H,3-4,9-13H2,1-2H3/t15-,17-/m1/s1. The Bertz CT molecular complexity index is 735. The van der Waals surface area contributed by atoms with E-state index in [0.717, 1.165) is 19.1 Å². The zero-order valence-electron chi connectivity index (χ0n) is 15.4. The van der Waals surface area contributed by atoms with E-state index in [4.69, 9.17) is 9.15 Å². The van der Waals surface area contributed by atoms with Crippen molar-refractivity contribution in [2.45, 2.75) is 44.4 Å². The van der Waals surface area contributed by atoms with Crippen LogP contribution in [0, 0.1) is 17.8 Å². The second kappa shape index (κ2) is 6.73. The second-order valence-electron chi connectivity index (χ2n) is 8.06. The van der Waals surface area contributed by atoms with E-state index in [9.17, 15) is 9.90 Å². The van der Waals surface area contributed by atoms with E-state index in [1.165, 1.54) is 12.8 Å². The van der Waals surface area contributed by atoms with Gasteiger partial charge < -0.3 is 19.2 Å². The van der Waals surface area contributed by atoms with Crippen LogP contribution in [0.5, 0.6) is 0 Å². The van der Waals surface area contributed by atoms with Crippen molar-refractivity contribution in [3.63, 3.8) is 0 Å². The quantitative estimate of drug-likeness (QED) is 0.808. The lowest BCUT2D eigenvalue weighted by Crippen LogP contribution is -2.63. The lowest BCUT2D eigenvalue weighted by molar-refractivity contribution is -0.0818. The van der Waals surface area contributed by atoms with Crippen LogP contribution in [0.3, 0.4) is 0 Å². The predicted molar refractivity (Wildman–Crippen MR) is 95.6 cm³/mol. The first kappa shape index (κ1) is 17.6. The first-order valence-electron chi connectivity index (χ1n) is 9.39. The van der Waals surface area contributed by atoms with E-state index in [1.807, 2.05) is 4.90 Å². The summed E-state index contributed by atoms with van der Waals surface area (Å²) < 4.78 is 11.4. The Hall–Kier alpha value is -1.81. The Labute approximate surface area is 154 Å². The van der Waals surface area contributed by atoms with Gasteiger partial charge >= 0.3 is 0 Å². The number of carbonyl (C=O) groups is 1. The summed E-state index contributed by atoms with van der Waals surface area (Å²) in [6, 6.07) is 4.14. The molecule has 26 heavy (non-hydrogen) atoms. The Balaban J connectivity index is 1.41. The van der Waals surface area contributed by atoms with E-state index >= 15 is 0 Å². The summed E-state index contributed by atoms with van der Waals surface area (Å²) in [4.78, 5) is 17.2. The van der Waals surface area contributed by atoms with Gasteiger partial charge in [0.05, 0.1) is 19.3 Å². The summed E-state index contributed by atoms with van der Waals surface area (Å²) >= 11 is 0. The highest BCUT2D eigenvalue weighted by molar-refractivity contribution is 5.91. The minimum absolute atomic E-state index is 0.102. The first-order valence-corrected chi connectivity index (χ1v) is 9.39. The van der Waals surface area contributed by atoms with E-state index < -0.39 is 5.60 Å². The molecule has 1 aliphatic carbocycles. The lowest BCUT2D eigenvalue weighted by atomic mass is 10.0. The van der Waals surface area contributed by atoms with E-state index in [-0.39, 0.29) is 11.9 Å². The molecular weight excluding hydrogens is 332 g/mol. The first-order chi connectivity index (χ1) is 12.4. The molecule has 2 aliphatic heterocycles. The van der Waals surface area contributed by atoms with Crippen LogP contribution in [0.25, 0.3) is 0 Å². The molecule has 140 valence electrons. The number of hydrogen-bond acceptors (Lipinski definition) is 5. The molecule has 0 bridgehead atoms. The molecule has 1 N–H and O–H groups in total. The highest BCUT2D eigenvalue weighted by Gasteiger charge is 2.43. The molecule has 0 aromatic carbocycles. The minimum Gasteiger partial charge on any atom is -0.443 e. The molecule has 3 heterocycles. The van der Waals surface area contributed by atoms with Gasteiger partial charge in [-0.25, -0.2) is 0 Å². The maximum absolute atomic E-state index is 12.8. The average Bonchev–Trinajstić information content (AvgIpc) is 3.35. The van der Waals surface area contributed by atoms with Crippen molar-refractivity contribution in [1.29, 1.82) is 0 Å². The third-order valence-corrected chi connectivity index (χ3v) is 5.31. The van der Waals surface area contributed by atoms with Gasteiger partial charge in [0.1, 0.15) is 5.60 Å². The summed E-state index contributed by atoms with van der Waals surface area (Å²) in [7, 11) is 0. The van der Waals surface area contributed by atoms with Crippen LogP contribution >= 0.6 is 0 Å². The number of rotatable bonds is 2. The zero-order chi connectivity index (χ0) is 18.3. The van der Waals surface area contributed by atoms with Crippen molar-refractivity contribution in [3.8, 4) is 11.8 Å². The number of furan rings is 1. The van der Waals surface area contributed by atoms with Crippen LogP contribution in [-0.2, 0) is 4.74 Å². The van der Waals surface area contributed by atoms with Gasteiger partial charge in [-0.3, -0.25) is 9.69 Å². The van der Waals surface area contributed by atoms with Crippen molar-refractivity contribution in [2.24, 2.45) is 5.92 Å². The largest absolute Gasteiger partial charge is 0.443 e. The van der Waals surface area contributed by atoms with Gasteiger partial charge in [0.25, 0.3) is 5.91 Å². The molecule has 1 saturated carbocycles. The minimum atomic E-state index is -1.09. The molecule has 1 amide bonds. The molecule has 3 fully saturated rings. The van der Waals surface area contributed by atoms with Crippen LogP contribution < -0.4 is 0 Å². The molecule has 6 nitrogen and oxygen atoms in total.